The number of ether oxygens (including phenoxy) is 1. The van der Waals surface area contributed by atoms with Gasteiger partial charge in [0.25, 0.3) is 0 Å². The van der Waals surface area contributed by atoms with Gasteiger partial charge in [0.05, 0.1) is 7.11 Å². The Morgan fingerprint density at radius 3 is 2.85 bits per heavy atom. The van der Waals surface area contributed by atoms with Gasteiger partial charge in [-0.15, -0.1) is 0 Å². The van der Waals surface area contributed by atoms with Gasteiger partial charge in [0.1, 0.15) is 5.75 Å². The number of fused-ring (bicyclic) bond motifs is 1. The van der Waals surface area contributed by atoms with Crippen molar-refractivity contribution in [3.05, 3.63) is 28.8 Å². The zero-order valence-corrected chi connectivity index (χ0v) is 8.31. The summed E-state index contributed by atoms with van der Waals surface area (Å²) in [6, 6.07) is 5.42. The van der Waals surface area contributed by atoms with Gasteiger partial charge in [-0.1, -0.05) is 0 Å². The van der Waals surface area contributed by atoms with Crippen molar-refractivity contribution in [2.45, 2.75) is 32.6 Å². The molecule has 0 fully saturated rings. The minimum Gasteiger partial charge on any atom is -0.496 e. The van der Waals surface area contributed by atoms with E-state index in [1.165, 1.54) is 42.4 Å². The number of benzene rings is 1. The lowest BCUT2D eigenvalue weighted by Gasteiger charge is -2.18. The molecule has 0 spiro atoms. The maximum Gasteiger partial charge on any atom is 0.127 e. The molecule has 0 heterocycles. The quantitative estimate of drug-likeness (QED) is 0.637. The molecular formula is C12H15O. The van der Waals surface area contributed by atoms with Crippen LogP contribution in [0.3, 0.4) is 0 Å². The molecule has 0 amide bonds. The van der Waals surface area contributed by atoms with E-state index < -0.39 is 0 Å². The molecule has 0 aliphatic heterocycles. The van der Waals surface area contributed by atoms with E-state index in [-0.39, 0.29) is 0 Å². The van der Waals surface area contributed by atoms with Crippen LogP contribution in [0.4, 0.5) is 0 Å². The van der Waals surface area contributed by atoms with Gasteiger partial charge in [-0.2, -0.15) is 0 Å². The van der Waals surface area contributed by atoms with E-state index in [2.05, 4.69) is 19.1 Å². The Labute approximate surface area is 79.7 Å². The van der Waals surface area contributed by atoms with Gasteiger partial charge >= 0.3 is 0 Å². The van der Waals surface area contributed by atoms with E-state index in [1.807, 2.05) is 0 Å². The maximum atomic E-state index is 5.21. The molecule has 1 aliphatic rings. The number of aryl methyl sites for hydroxylation is 2. The van der Waals surface area contributed by atoms with Gasteiger partial charge < -0.3 is 4.74 Å². The number of methoxy groups -OCH3 is 1. The van der Waals surface area contributed by atoms with Crippen LogP contribution >= 0.6 is 0 Å². The third-order valence-electron chi connectivity index (χ3n) is 2.79. The molecule has 0 unspecified atom stereocenters. The zero-order chi connectivity index (χ0) is 9.26. The van der Waals surface area contributed by atoms with Crippen molar-refractivity contribution in [3.63, 3.8) is 0 Å². The number of rotatable bonds is 1. The van der Waals surface area contributed by atoms with E-state index in [4.69, 9.17) is 4.74 Å². The Kier molecular flexibility index (Phi) is 2.26. The fraction of sp³-hybridized carbons (Fsp3) is 0.500. The Balaban J connectivity index is 2.47. The lowest BCUT2D eigenvalue weighted by Crippen LogP contribution is -2.05. The fourth-order valence-corrected chi connectivity index (χ4v) is 2.06. The van der Waals surface area contributed by atoms with Gasteiger partial charge in [-0.25, -0.2) is 0 Å². The van der Waals surface area contributed by atoms with Crippen LogP contribution < -0.4 is 4.74 Å². The molecule has 0 saturated heterocycles. The second kappa shape index (κ2) is 3.41. The lowest BCUT2D eigenvalue weighted by molar-refractivity contribution is 0.412. The molecule has 69 valence electrons. The molecule has 1 nitrogen and oxygen atoms in total. The molecule has 0 bridgehead atoms. The molecular weight excluding hydrogens is 160 g/mol. The average Bonchev–Trinajstić information content (AvgIpc) is 2.18. The van der Waals surface area contributed by atoms with Crippen LogP contribution in [-0.4, -0.2) is 7.11 Å². The summed E-state index contributed by atoms with van der Waals surface area (Å²) in [7, 11) is 1.71. The first kappa shape index (κ1) is 8.61. The average molecular weight is 175 g/mol. The minimum atomic E-state index is 0.887. The summed E-state index contributed by atoms with van der Waals surface area (Å²) in [6.45, 7) is 2.17. The Hall–Kier alpha value is -0.980. The molecule has 1 aromatic rings. The molecule has 0 atom stereocenters. The summed E-state index contributed by atoms with van der Waals surface area (Å²) in [5.74, 6) is 0.887. The van der Waals surface area contributed by atoms with Crippen LogP contribution in [-0.2, 0) is 12.8 Å². The van der Waals surface area contributed by atoms with Crippen molar-refractivity contribution in [2.24, 2.45) is 0 Å². The third kappa shape index (κ3) is 1.55. The molecule has 1 radical (unpaired) electrons. The molecule has 0 N–H and O–H groups in total. The molecule has 0 saturated carbocycles. The van der Waals surface area contributed by atoms with Crippen molar-refractivity contribution < 1.29 is 4.74 Å². The molecule has 2 rings (SSSR count). The van der Waals surface area contributed by atoms with E-state index in [0.29, 0.717) is 0 Å². The fourth-order valence-electron chi connectivity index (χ4n) is 2.06. The van der Waals surface area contributed by atoms with Gasteiger partial charge in [-0.3, -0.25) is 0 Å². The van der Waals surface area contributed by atoms with Crippen LogP contribution in [0.5, 0.6) is 5.75 Å². The molecule has 13 heavy (non-hydrogen) atoms. The maximum absolute atomic E-state index is 5.21. The van der Waals surface area contributed by atoms with E-state index in [0.717, 1.165) is 5.75 Å². The Morgan fingerprint density at radius 1 is 1.31 bits per heavy atom. The first-order chi connectivity index (χ1) is 6.31. The zero-order valence-electron chi connectivity index (χ0n) is 8.31. The van der Waals surface area contributed by atoms with Crippen LogP contribution in [0.25, 0.3) is 0 Å². The molecule has 1 aliphatic carbocycles. The van der Waals surface area contributed by atoms with Gasteiger partial charge in [0, 0.05) is 6.07 Å². The summed E-state index contributed by atoms with van der Waals surface area (Å²) in [6.07, 6.45) is 5.03. The molecule has 1 heteroatoms. The van der Waals surface area contributed by atoms with Crippen molar-refractivity contribution in [1.29, 1.82) is 0 Å². The smallest absolute Gasteiger partial charge is 0.127 e. The standard InChI is InChI=1S/C12H15O/c1-9-7-11(13-2)8-10-5-3-4-6-12(9)10/h7H,3-6H2,1-2H3. The minimum absolute atomic E-state index is 0.887. The van der Waals surface area contributed by atoms with E-state index in [1.54, 1.807) is 7.11 Å². The highest BCUT2D eigenvalue weighted by atomic mass is 16.5. The van der Waals surface area contributed by atoms with Crippen LogP contribution in [0, 0.1) is 13.0 Å². The number of hydrogen-bond donors (Lipinski definition) is 0. The predicted octanol–water partition coefficient (Wildman–Crippen LogP) is 2.68. The second-order valence-corrected chi connectivity index (χ2v) is 3.68. The van der Waals surface area contributed by atoms with Crippen molar-refractivity contribution in [1.82, 2.24) is 0 Å². The summed E-state index contributed by atoms with van der Waals surface area (Å²) in [5, 5.41) is 0. The molecule has 1 aromatic carbocycles. The summed E-state index contributed by atoms with van der Waals surface area (Å²) in [4.78, 5) is 0. The molecule has 0 aromatic heterocycles. The third-order valence-corrected chi connectivity index (χ3v) is 2.79. The number of hydrogen-bond acceptors (Lipinski definition) is 1. The largest absolute Gasteiger partial charge is 0.496 e. The summed E-state index contributed by atoms with van der Waals surface area (Å²) >= 11 is 0. The van der Waals surface area contributed by atoms with Gasteiger partial charge in [-0.05, 0) is 55.4 Å². The van der Waals surface area contributed by atoms with Crippen molar-refractivity contribution in [2.75, 3.05) is 7.11 Å². The predicted molar refractivity (Wildman–Crippen MR) is 53.2 cm³/mol. The highest BCUT2D eigenvalue weighted by Crippen LogP contribution is 2.27. The van der Waals surface area contributed by atoms with Crippen molar-refractivity contribution in [3.8, 4) is 5.75 Å². The Morgan fingerprint density at radius 2 is 2.08 bits per heavy atom. The van der Waals surface area contributed by atoms with Gasteiger partial charge in [0.2, 0.25) is 0 Å². The van der Waals surface area contributed by atoms with Crippen molar-refractivity contribution >= 4 is 0 Å². The first-order valence-electron chi connectivity index (χ1n) is 4.90. The second-order valence-electron chi connectivity index (χ2n) is 3.68. The van der Waals surface area contributed by atoms with Gasteiger partial charge in [0.15, 0.2) is 0 Å². The highest BCUT2D eigenvalue weighted by molar-refractivity contribution is 5.41. The van der Waals surface area contributed by atoms with Crippen LogP contribution in [0.1, 0.15) is 29.5 Å². The normalized spacial score (nSPS) is 15.2. The van der Waals surface area contributed by atoms with E-state index >= 15 is 0 Å². The summed E-state index contributed by atoms with van der Waals surface area (Å²) < 4.78 is 5.21. The lowest BCUT2D eigenvalue weighted by atomic mass is 9.88. The topological polar surface area (TPSA) is 9.23 Å². The summed E-state index contributed by atoms with van der Waals surface area (Å²) in [5.41, 5.74) is 4.25. The van der Waals surface area contributed by atoms with Crippen LogP contribution in [0.2, 0.25) is 0 Å². The first-order valence-corrected chi connectivity index (χ1v) is 4.90. The van der Waals surface area contributed by atoms with Crippen LogP contribution in [0.15, 0.2) is 6.07 Å². The van der Waals surface area contributed by atoms with E-state index in [9.17, 15) is 0 Å². The monoisotopic (exact) mass is 175 g/mol. The highest BCUT2D eigenvalue weighted by Gasteiger charge is 2.12. The Bertz CT molecular complexity index is 315. The SMILES string of the molecule is COc1[c]c2c(c(C)c1)CCCC2.